The van der Waals surface area contributed by atoms with Crippen LogP contribution in [0.4, 0.5) is 5.69 Å². The molecule has 0 saturated carbocycles. The number of Topliss-reactive ketones (excluding diaryl/α,β-unsaturated/α-hetero) is 1. The highest BCUT2D eigenvalue weighted by Crippen LogP contribution is 2.42. The van der Waals surface area contributed by atoms with E-state index < -0.39 is 11.4 Å². The molecular formula is C21H33ClN6O4. The molecule has 1 fully saturated rings. The molecule has 10 nitrogen and oxygen atoms in total. The molecule has 0 bridgehead atoms. The fraction of sp³-hybridized carbons (Fsp3) is 0.571. The average molecular weight is 469 g/mol. The van der Waals surface area contributed by atoms with E-state index in [0.29, 0.717) is 29.3 Å². The number of benzene rings is 1. The first-order valence-electron chi connectivity index (χ1n) is 10.6. The normalized spacial score (nSPS) is 20.2. The van der Waals surface area contributed by atoms with Gasteiger partial charge in [-0.05, 0) is 12.5 Å². The number of halogens is 1. The molecule has 2 aliphatic heterocycles. The highest BCUT2D eigenvalue weighted by molar-refractivity contribution is 6.05. The number of methoxy groups -OCH3 is 2. The van der Waals surface area contributed by atoms with E-state index >= 15 is 0 Å². The van der Waals surface area contributed by atoms with Crippen LogP contribution in [0.2, 0.25) is 0 Å². The maximum atomic E-state index is 13.1. The summed E-state index contributed by atoms with van der Waals surface area (Å²) in [4.78, 5) is 29.8. The molecule has 4 N–H and O–H groups in total. The van der Waals surface area contributed by atoms with Gasteiger partial charge in [0.15, 0.2) is 22.9 Å². The van der Waals surface area contributed by atoms with Crippen LogP contribution in [-0.2, 0) is 15.3 Å². The van der Waals surface area contributed by atoms with Gasteiger partial charge in [-0.15, -0.1) is 12.4 Å². The van der Waals surface area contributed by atoms with Crippen molar-refractivity contribution in [2.45, 2.75) is 31.8 Å². The summed E-state index contributed by atoms with van der Waals surface area (Å²) >= 11 is 0. The lowest BCUT2D eigenvalue weighted by Crippen LogP contribution is -2.56. The summed E-state index contributed by atoms with van der Waals surface area (Å²) in [5.41, 5.74) is 6.00. The van der Waals surface area contributed by atoms with Crippen molar-refractivity contribution in [2.24, 2.45) is 10.7 Å². The maximum Gasteiger partial charge on any atom is 0.227 e. The fourth-order valence-corrected chi connectivity index (χ4v) is 3.70. The monoisotopic (exact) mass is 468 g/mol. The van der Waals surface area contributed by atoms with Gasteiger partial charge in [-0.3, -0.25) is 20.3 Å². The number of nitrogens with two attached hydrogens (primary N) is 1. The number of aliphatic imine (C=N–C) groups is 1. The lowest BCUT2D eigenvalue weighted by molar-refractivity contribution is -0.131. The number of amides is 1. The van der Waals surface area contributed by atoms with Gasteiger partial charge in [0.1, 0.15) is 6.34 Å². The number of ether oxygens (including phenoxy) is 2. The summed E-state index contributed by atoms with van der Waals surface area (Å²) in [5.74, 6) is 0.119. The number of ketones is 1. The van der Waals surface area contributed by atoms with Crippen LogP contribution >= 0.6 is 12.4 Å². The van der Waals surface area contributed by atoms with Crippen molar-refractivity contribution in [3.8, 4) is 11.5 Å². The van der Waals surface area contributed by atoms with E-state index in [1.807, 2.05) is 11.9 Å². The molecule has 1 atom stereocenters. The molecule has 0 radical (unpaired) electrons. The molecule has 2 heterocycles. The van der Waals surface area contributed by atoms with E-state index in [4.69, 9.17) is 15.2 Å². The number of hydrogen-bond acceptors (Lipinski definition) is 9. The maximum absolute atomic E-state index is 13.1. The van der Waals surface area contributed by atoms with Gasteiger partial charge in [0.25, 0.3) is 0 Å². The molecule has 0 aromatic heterocycles. The number of nitrogens with zero attached hydrogens (tertiary/aromatic N) is 3. The van der Waals surface area contributed by atoms with Crippen LogP contribution in [0.3, 0.4) is 0 Å². The molecule has 0 spiro atoms. The molecule has 1 unspecified atom stereocenters. The fourth-order valence-electron chi connectivity index (χ4n) is 3.70. The third-order valence-corrected chi connectivity index (χ3v) is 5.53. The minimum absolute atomic E-state index is 0. The molecule has 0 aliphatic carbocycles. The van der Waals surface area contributed by atoms with Crippen LogP contribution in [-0.4, -0.2) is 70.0 Å². The second-order valence-electron chi connectivity index (χ2n) is 7.59. The lowest BCUT2D eigenvalue weighted by atomic mass is 9.90. The minimum Gasteiger partial charge on any atom is -0.493 e. The van der Waals surface area contributed by atoms with Crippen molar-refractivity contribution in [2.75, 3.05) is 52.0 Å². The predicted molar refractivity (Wildman–Crippen MR) is 126 cm³/mol. The van der Waals surface area contributed by atoms with Crippen LogP contribution in [0.15, 0.2) is 17.1 Å². The smallest absolute Gasteiger partial charge is 0.227 e. The Labute approximate surface area is 194 Å². The number of carbonyl (C=O) groups is 2. The van der Waals surface area contributed by atoms with E-state index in [1.54, 1.807) is 25.6 Å². The molecule has 1 aromatic rings. The number of hydrogen-bond donors (Lipinski definition) is 3. The molecule has 32 heavy (non-hydrogen) atoms. The van der Waals surface area contributed by atoms with E-state index in [0.717, 1.165) is 39.0 Å². The van der Waals surface area contributed by atoms with Crippen LogP contribution in [0.5, 0.6) is 11.5 Å². The Hall–Kier alpha value is -2.40. The predicted octanol–water partition coefficient (Wildman–Crippen LogP) is 0.781. The molecule has 11 heteroatoms. The van der Waals surface area contributed by atoms with E-state index in [-0.39, 0.29) is 24.7 Å². The number of piperazine rings is 1. The molecule has 178 valence electrons. The summed E-state index contributed by atoms with van der Waals surface area (Å²) < 4.78 is 10.9. The SMILES string of the molecule is CCCCNC(=O)CC(=O)C1(N)N=CN(N2CCNCC2)c2cc(OC)c(OC)cc21.Cl. The zero-order valence-electron chi connectivity index (χ0n) is 18.8. The minimum atomic E-state index is -1.69. The Morgan fingerprint density at radius 1 is 1.22 bits per heavy atom. The van der Waals surface area contributed by atoms with Crippen molar-refractivity contribution < 1.29 is 19.1 Å². The third-order valence-electron chi connectivity index (χ3n) is 5.53. The van der Waals surface area contributed by atoms with E-state index in [9.17, 15) is 9.59 Å². The summed E-state index contributed by atoms with van der Waals surface area (Å²) in [6.07, 6.45) is 3.02. The molecule has 1 amide bonds. The molecule has 1 aromatic carbocycles. The first kappa shape index (κ1) is 25.9. The van der Waals surface area contributed by atoms with Gasteiger partial charge < -0.3 is 20.1 Å². The average Bonchev–Trinajstić information content (AvgIpc) is 2.79. The Morgan fingerprint density at radius 3 is 2.50 bits per heavy atom. The number of fused-ring (bicyclic) bond motifs is 1. The van der Waals surface area contributed by atoms with Crippen molar-refractivity contribution in [3.05, 3.63) is 17.7 Å². The first-order chi connectivity index (χ1) is 14.9. The molecular weight excluding hydrogens is 436 g/mol. The highest BCUT2D eigenvalue weighted by Gasteiger charge is 2.43. The van der Waals surface area contributed by atoms with E-state index in [2.05, 4.69) is 20.6 Å². The Balaban J connectivity index is 0.00000363. The van der Waals surface area contributed by atoms with Gasteiger partial charge in [0.05, 0.1) is 26.3 Å². The molecule has 2 aliphatic rings. The zero-order chi connectivity index (χ0) is 22.4. The van der Waals surface area contributed by atoms with Crippen LogP contribution in [0.25, 0.3) is 0 Å². The third kappa shape index (κ3) is 5.32. The topological polar surface area (TPSA) is 122 Å². The summed E-state index contributed by atoms with van der Waals surface area (Å²) in [7, 11) is 3.07. The first-order valence-corrected chi connectivity index (χ1v) is 10.6. The Bertz CT molecular complexity index is 846. The summed E-state index contributed by atoms with van der Waals surface area (Å²) in [6, 6.07) is 3.46. The van der Waals surface area contributed by atoms with Gasteiger partial charge >= 0.3 is 0 Å². The quantitative estimate of drug-likeness (QED) is 0.359. The van der Waals surface area contributed by atoms with Gasteiger partial charge in [-0.2, -0.15) is 0 Å². The van der Waals surface area contributed by atoms with Gasteiger partial charge in [-0.1, -0.05) is 13.3 Å². The largest absolute Gasteiger partial charge is 0.493 e. The van der Waals surface area contributed by atoms with Crippen LogP contribution in [0, 0.1) is 0 Å². The number of rotatable bonds is 9. The van der Waals surface area contributed by atoms with Crippen molar-refractivity contribution in [3.63, 3.8) is 0 Å². The number of carbonyl (C=O) groups excluding carboxylic acids is 2. The van der Waals surface area contributed by atoms with Gasteiger partial charge in [0, 0.05) is 44.4 Å². The number of anilines is 1. The zero-order valence-corrected chi connectivity index (χ0v) is 19.7. The number of unbranched alkanes of at least 4 members (excludes halogenated alkanes) is 1. The van der Waals surface area contributed by atoms with Gasteiger partial charge in [-0.25, -0.2) is 10.0 Å². The Morgan fingerprint density at radius 2 is 1.88 bits per heavy atom. The van der Waals surface area contributed by atoms with Crippen molar-refractivity contribution in [1.29, 1.82) is 0 Å². The second kappa shape index (κ2) is 11.5. The molecule has 1 saturated heterocycles. The highest BCUT2D eigenvalue weighted by atomic mass is 35.5. The summed E-state index contributed by atoms with van der Waals surface area (Å²) in [5, 5.41) is 10.1. The van der Waals surface area contributed by atoms with Crippen LogP contribution < -0.4 is 30.8 Å². The number of hydrazine groups is 1. The standard InChI is InChI=1S/C21H32N6O4.ClH/c1-4-5-6-24-20(29)13-19(28)21(22)15-11-17(30-2)18(31-3)12-16(15)27(14-25-21)26-9-7-23-8-10-26;/h11-12,14,23H,4-10,13,22H2,1-3H3,(H,24,29);1H. The van der Waals surface area contributed by atoms with E-state index in [1.165, 1.54) is 7.11 Å². The van der Waals surface area contributed by atoms with Crippen molar-refractivity contribution >= 4 is 36.1 Å². The molecule has 3 rings (SSSR count). The number of nitrogens with one attached hydrogen (secondary N) is 2. The summed E-state index contributed by atoms with van der Waals surface area (Å²) in [6.45, 7) is 5.76. The van der Waals surface area contributed by atoms with Crippen molar-refractivity contribution in [1.82, 2.24) is 15.6 Å². The Kier molecular flexibility index (Phi) is 9.26. The second-order valence-corrected chi connectivity index (χ2v) is 7.59. The van der Waals surface area contributed by atoms with Gasteiger partial charge in [0.2, 0.25) is 5.91 Å². The van der Waals surface area contributed by atoms with Crippen LogP contribution in [0.1, 0.15) is 31.7 Å². The lowest BCUT2D eigenvalue weighted by Gasteiger charge is -2.42.